The summed E-state index contributed by atoms with van der Waals surface area (Å²) in [6, 6.07) is 6.54. The maximum atomic E-state index is 12.3. The van der Waals surface area contributed by atoms with Gasteiger partial charge in [-0.1, -0.05) is 11.6 Å². The van der Waals surface area contributed by atoms with Gasteiger partial charge in [-0.25, -0.2) is 4.79 Å². The van der Waals surface area contributed by atoms with E-state index in [0.29, 0.717) is 11.4 Å². The average molecular weight is 387 g/mol. The molecule has 0 saturated carbocycles. The smallest absolute Gasteiger partial charge is 0.326 e. The highest BCUT2D eigenvalue weighted by Crippen LogP contribution is 2.21. The van der Waals surface area contributed by atoms with E-state index in [1.165, 1.54) is 18.7 Å². The van der Waals surface area contributed by atoms with Crippen LogP contribution in [0.25, 0.3) is 0 Å². The van der Waals surface area contributed by atoms with Crippen LogP contribution in [0.15, 0.2) is 29.2 Å². The molecule has 1 unspecified atom stereocenters. The van der Waals surface area contributed by atoms with Gasteiger partial charge in [0.15, 0.2) is 0 Å². The van der Waals surface area contributed by atoms with E-state index < -0.39 is 12.0 Å². The molecule has 0 aliphatic carbocycles. The minimum Gasteiger partial charge on any atom is -0.480 e. The Bertz CT molecular complexity index is 595. The van der Waals surface area contributed by atoms with Gasteiger partial charge in [-0.3, -0.25) is 9.59 Å². The van der Waals surface area contributed by atoms with Crippen LogP contribution in [0, 0.1) is 0 Å². The molecule has 25 heavy (non-hydrogen) atoms. The molecule has 2 amide bonds. The minimum atomic E-state index is -1.06. The summed E-state index contributed by atoms with van der Waals surface area (Å²) in [7, 11) is 0. The SMILES string of the molecule is CC(=O)NCCN(C(=O)CCCSc1ccc(Cl)cc1)C(C)C(=O)O. The van der Waals surface area contributed by atoms with E-state index in [4.69, 9.17) is 16.7 Å². The maximum Gasteiger partial charge on any atom is 0.326 e. The van der Waals surface area contributed by atoms with Crippen molar-refractivity contribution in [3.63, 3.8) is 0 Å². The second-order valence-corrected chi connectivity index (χ2v) is 7.10. The summed E-state index contributed by atoms with van der Waals surface area (Å²) < 4.78 is 0. The number of amides is 2. The first kappa shape index (κ1) is 21.3. The number of benzene rings is 1. The first-order valence-electron chi connectivity index (χ1n) is 7.96. The Morgan fingerprint density at radius 1 is 1.28 bits per heavy atom. The molecule has 0 fully saturated rings. The molecule has 138 valence electrons. The number of aliphatic carboxylic acids is 1. The van der Waals surface area contributed by atoms with Gasteiger partial charge in [0.1, 0.15) is 6.04 Å². The standard InChI is InChI=1S/C17H23ClN2O4S/c1-12(17(23)24)20(10-9-19-13(2)21)16(22)4-3-11-25-15-7-5-14(18)6-8-15/h5-8,12H,3-4,9-11H2,1-2H3,(H,19,21)(H,23,24). The second-order valence-electron chi connectivity index (χ2n) is 5.49. The van der Waals surface area contributed by atoms with Gasteiger partial charge in [-0.05, 0) is 43.4 Å². The van der Waals surface area contributed by atoms with Gasteiger partial charge in [-0.15, -0.1) is 11.8 Å². The molecular formula is C17H23ClN2O4S. The van der Waals surface area contributed by atoms with E-state index in [0.717, 1.165) is 10.6 Å². The molecule has 0 saturated heterocycles. The largest absolute Gasteiger partial charge is 0.480 e. The van der Waals surface area contributed by atoms with Crippen LogP contribution in [0.5, 0.6) is 0 Å². The monoisotopic (exact) mass is 386 g/mol. The Morgan fingerprint density at radius 3 is 2.48 bits per heavy atom. The van der Waals surface area contributed by atoms with Crippen LogP contribution in [0.3, 0.4) is 0 Å². The molecule has 1 aromatic carbocycles. The van der Waals surface area contributed by atoms with Crippen LogP contribution >= 0.6 is 23.4 Å². The second kappa shape index (κ2) is 11.0. The third-order valence-corrected chi connectivity index (χ3v) is 4.84. The predicted molar refractivity (Wildman–Crippen MR) is 98.9 cm³/mol. The van der Waals surface area contributed by atoms with Crippen LogP contribution in [-0.2, 0) is 14.4 Å². The Hall–Kier alpha value is -1.73. The number of carboxylic acids is 1. The molecule has 2 N–H and O–H groups in total. The highest BCUT2D eigenvalue weighted by atomic mass is 35.5. The molecule has 1 aromatic rings. The van der Waals surface area contributed by atoms with Crippen LogP contribution in [0.2, 0.25) is 5.02 Å². The molecule has 0 aliphatic heterocycles. The van der Waals surface area contributed by atoms with Crippen LogP contribution in [0.1, 0.15) is 26.7 Å². The molecule has 1 rings (SSSR count). The third kappa shape index (κ3) is 8.27. The third-order valence-electron chi connectivity index (χ3n) is 3.49. The van der Waals surface area contributed by atoms with Gasteiger partial charge in [0.25, 0.3) is 0 Å². The number of thioether (sulfide) groups is 1. The Labute approximate surface area is 156 Å². The van der Waals surface area contributed by atoms with Crippen LogP contribution in [-0.4, -0.2) is 52.7 Å². The van der Waals surface area contributed by atoms with E-state index in [9.17, 15) is 14.4 Å². The number of rotatable bonds is 10. The molecule has 0 aliphatic rings. The van der Waals surface area contributed by atoms with Gasteiger partial charge < -0.3 is 15.3 Å². The lowest BCUT2D eigenvalue weighted by Gasteiger charge is -2.26. The number of nitrogens with zero attached hydrogens (tertiary/aromatic N) is 1. The molecule has 1 atom stereocenters. The number of carbonyl (C=O) groups is 3. The number of nitrogens with one attached hydrogen (secondary N) is 1. The summed E-state index contributed by atoms with van der Waals surface area (Å²) in [5, 5.41) is 12.4. The van der Waals surface area contributed by atoms with E-state index in [2.05, 4.69) is 5.32 Å². The highest BCUT2D eigenvalue weighted by Gasteiger charge is 2.24. The fraction of sp³-hybridized carbons (Fsp3) is 0.471. The Balaban J connectivity index is 2.45. The summed E-state index contributed by atoms with van der Waals surface area (Å²) in [4.78, 5) is 36.8. The van der Waals surface area contributed by atoms with Crippen LogP contribution in [0.4, 0.5) is 0 Å². The molecular weight excluding hydrogens is 364 g/mol. The molecule has 0 radical (unpaired) electrons. The molecule has 0 bridgehead atoms. The van der Waals surface area contributed by atoms with E-state index in [1.807, 2.05) is 24.3 Å². The lowest BCUT2D eigenvalue weighted by molar-refractivity contribution is -0.149. The van der Waals surface area contributed by atoms with Crippen molar-refractivity contribution in [3.05, 3.63) is 29.3 Å². The van der Waals surface area contributed by atoms with Crippen molar-refractivity contribution in [1.29, 1.82) is 0 Å². The zero-order chi connectivity index (χ0) is 18.8. The first-order valence-corrected chi connectivity index (χ1v) is 9.32. The lowest BCUT2D eigenvalue weighted by Crippen LogP contribution is -2.46. The summed E-state index contributed by atoms with van der Waals surface area (Å²) in [5.74, 6) is -0.757. The lowest BCUT2D eigenvalue weighted by atomic mass is 10.2. The number of hydrogen-bond acceptors (Lipinski definition) is 4. The van der Waals surface area contributed by atoms with Crippen molar-refractivity contribution < 1.29 is 19.5 Å². The van der Waals surface area contributed by atoms with Crippen molar-refractivity contribution in [2.45, 2.75) is 37.6 Å². The number of hydrogen-bond donors (Lipinski definition) is 2. The molecule has 0 aromatic heterocycles. The predicted octanol–water partition coefficient (Wildman–Crippen LogP) is 2.65. The van der Waals surface area contributed by atoms with Crippen molar-refractivity contribution in [2.24, 2.45) is 0 Å². The average Bonchev–Trinajstić information content (AvgIpc) is 2.56. The zero-order valence-corrected chi connectivity index (χ0v) is 15.9. The number of carbonyl (C=O) groups excluding carboxylic acids is 2. The Morgan fingerprint density at radius 2 is 1.92 bits per heavy atom. The fourth-order valence-electron chi connectivity index (χ4n) is 2.11. The van der Waals surface area contributed by atoms with Crippen molar-refractivity contribution in [1.82, 2.24) is 10.2 Å². The zero-order valence-electron chi connectivity index (χ0n) is 14.3. The maximum absolute atomic E-state index is 12.3. The summed E-state index contributed by atoms with van der Waals surface area (Å²) in [6.07, 6.45) is 0.896. The molecule has 0 spiro atoms. The van der Waals surface area contributed by atoms with Gasteiger partial charge in [0.2, 0.25) is 11.8 Å². The van der Waals surface area contributed by atoms with E-state index in [-0.39, 0.29) is 31.3 Å². The summed E-state index contributed by atoms with van der Waals surface area (Å²) in [6.45, 7) is 3.26. The van der Waals surface area contributed by atoms with Crippen molar-refractivity contribution in [2.75, 3.05) is 18.8 Å². The first-order chi connectivity index (χ1) is 11.8. The molecule has 0 heterocycles. The number of carboxylic acid groups (broad SMARTS) is 1. The van der Waals surface area contributed by atoms with Crippen molar-refractivity contribution >= 4 is 41.1 Å². The molecule has 8 heteroatoms. The van der Waals surface area contributed by atoms with Crippen LogP contribution < -0.4 is 5.32 Å². The fourth-order valence-corrected chi connectivity index (χ4v) is 3.09. The topological polar surface area (TPSA) is 86.7 Å². The van der Waals surface area contributed by atoms with Gasteiger partial charge >= 0.3 is 5.97 Å². The van der Waals surface area contributed by atoms with Gasteiger partial charge in [0, 0.05) is 36.4 Å². The van der Waals surface area contributed by atoms with Gasteiger partial charge in [-0.2, -0.15) is 0 Å². The van der Waals surface area contributed by atoms with E-state index >= 15 is 0 Å². The number of halogens is 1. The quantitative estimate of drug-likeness (QED) is 0.477. The Kier molecular flexibility index (Phi) is 9.37. The summed E-state index contributed by atoms with van der Waals surface area (Å²) >= 11 is 7.45. The highest BCUT2D eigenvalue weighted by molar-refractivity contribution is 7.99. The summed E-state index contributed by atoms with van der Waals surface area (Å²) in [5.41, 5.74) is 0. The minimum absolute atomic E-state index is 0.177. The van der Waals surface area contributed by atoms with Gasteiger partial charge in [0.05, 0.1) is 0 Å². The van der Waals surface area contributed by atoms with E-state index in [1.54, 1.807) is 11.8 Å². The van der Waals surface area contributed by atoms with Crippen molar-refractivity contribution in [3.8, 4) is 0 Å². The normalized spacial score (nSPS) is 11.6. The molecule has 6 nitrogen and oxygen atoms in total.